The van der Waals surface area contributed by atoms with E-state index in [4.69, 9.17) is 9.47 Å². The first-order valence-electron chi connectivity index (χ1n) is 14.4. The summed E-state index contributed by atoms with van der Waals surface area (Å²) in [6.07, 6.45) is 4.98. The molecule has 0 saturated carbocycles. The van der Waals surface area contributed by atoms with Crippen LogP contribution in [0.2, 0.25) is 0 Å². The number of ether oxygens (including phenoxy) is 2. The highest BCUT2D eigenvalue weighted by atomic mass is 16.5. The van der Waals surface area contributed by atoms with E-state index in [-0.39, 0.29) is 18.4 Å². The van der Waals surface area contributed by atoms with Crippen LogP contribution >= 0.6 is 0 Å². The lowest BCUT2D eigenvalue weighted by atomic mass is 9.90. The molecule has 40 heavy (non-hydrogen) atoms. The predicted octanol–water partition coefficient (Wildman–Crippen LogP) is 4.22. The molecular weight excluding hydrogens is 506 g/mol. The van der Waals surface area contributed by atoms with Gasteiger partial charge < -0.3 is 19.3 Å². The fourth-order valence-electron chi connectivity index (χ4n) is 5.63. The van der Waals surface area contributed by atoms with Crippen LogP contribution in [0.3, 0.4) is 0 Å². The van der Waals surface area contributed by atoms with Gasteiger partial charge in [0.1, 0.15) is 12.4 Å². The third-order valence-electron chi connectivity index (χ3n) is 7.90. The molecule has 5 rings (SSSR count). The molecule has 3 aromatic rings. The number of nitrogens with zero attached hydrogens (tertiary/aromatic N) is 5. The van der Waals surface area contributed by atoms with Crippen LogP contribution in [0, 0.1) is 6.92 Å². The monoisotopic (exact) mass is 545 g/mol. The topological polar surface area (TPSA) is 89.8 Å². The van der Waals surface area contributed by atoms with E-state index in [0.717, 1.165) is 43.5 Å². The molecule has 2 aliphatic rings. The Labute approximate surface area is 236 Å². The molecule has 9 heteroatoms. The second kappa shape index (κ2) is 12.6. The minimum Gasteiger partial charge on any atom is -0.491 e. The highest BCUT2D eigenvalue weighted by Crippen LogP contribution is 2.30. The van der Waals surface area contributed by atoms with Gasteiger partial charge in [0.25, 0.3) is 11.8 Å². The molecule has 0 bridgehead atoms. The minimum absolute atomic E-state index is 0.0550. The van der Waals surface area contributed by atoms with Crippen molar-refractivity contribution in [3.8, 4) is 11.4 Å². The lowest BCUT2D eigenvalue weighted by Crippen LogP contribution is -2.62. The number of para-hydroxylation sites is 2. The van der Waals surface area contributed by atoms with Gasteiger partial charge in [-0.15, -0.1) is 5.10 Å². The second-order valence-corrected chi connectivity index (χ2v) is 10.6. The van der Waals surface area contributed by atoms with Gasteiger partial charge >= 0.3 is 0 Å². The van der Waals surface area contributed by atoms with E-state index in [9.17, 15) is 9.59 Å². The van der Waals surface area contributed by atoms with Crippen molar-refractivity contribution < 1.29 is 19.1 Å². The Morgan fingerprint density at radius 1 is 1.02 bits per heavy atom. The van der Waals surface area contributed by atoms with Crippen molar-refractivity contribution in [3.05, 3.63) is 71.5 Å². The first-order chi connectivity index (χ1) is 19.5. The van der Waals surface area contributed by atoms with Gasteiger partial charge in [-0.1, -0.05) is 55.0 Å². The molecule has 212 valence electrons. The van der Waals surface area contributed by atoms with Gasteiger partial charge in [0, 0.05) is 13.1 Å². The van der Waals surface area contributed by atoms with Crippen LogP contribution in [-0.4, -0.2) is 81.6 Å². The molecule has 1 atom stereocenters. The van der Waals surface area contributed by atoms with E-state index in [2.05, 4.69) is 23.3 Å². The minimum atomic E-state index is -1.09. The number of carbonyl (C=O) groups excluding carboxylic acids is 2. The number of unbranched alkanes of at least 4 members (excludes halogenated alkanes) is 1. The Hall–Kier alpha value is -3.72. The molecule has 2 aromatic carbocycles. The normalized spacial score (nSPS) is 20.4. The molecule has 2 amide bonds. The number of aryl methyl sites for hydroxylation is 1. The largest absolute Gasteiger partial charge is 0.491 e. The molecule has 1 unspecified atom stereocenters. The maximum Gasteiger partial charge on any atom is 0.276 e. The summed E-state index contributed by atoms with van der Waals surface area (Å²) < 4.78 is 14.2. The van der Waals surface area contributed by atoms with Crippen LogP contribution < -0.4 is 4.74 Å². The van der Waals surface area contributed by atoms with Gasteiger partial charge in [0.2, 0.25) is 0 Å². The van der Waals surface area contributed by atoms with Gasteiger partial charge in [-0.05, 0) is 62.8 Å². The Balaban J connectivity index is 1.39. The summed E-state index contributed by atoms with van der Waals surface area (Å²) in [5.74, 6) is 0.615. The van der Waals surface area contributed by atoms with E-state index >= 15 is 0 Å². The molecule has 1 fully saturated rings. The molecule has 2 aliphatic heterocycles. The molecule has 9 nitrogen and oxygen atoms in total. The molecule has 1 saturated heterocycles. The zero-order valence-electron chi connectivity index (χ0n) is 23.6. The lowest BCUT2D eigenvalue weighted by Gasteiger charge is -2.44. The Bertz CT molecular complexity index is 1310. The second-order valence-electron chi connectivity index (χ2n) is 10.6. The van der Waals surface area contributed by atoms with Gasteiger partial charge in [0.05, 0.1) is 31.1 Å². The zero-order chi connectivity index (χ0) is 28.0. The smallest absolute Gasteiger partial charge is 0.276 e. The first kappa shape index (κ1) is 27.8. The van der Waals surface area contributed by atoms with E-state index in [1.807, 2.05) is 60.4 Å². The van der Waals surface area contributed by atoms with Crippen LogP contribution in [0.5, 0.6) is 5.75 Å². The number of amides is 2. The maximum absolute atomic E-state index is 14.2. The highest BCUT2D eigenvalue weighted by Gasteiger charge is 2.47. The standard InChI is InChI=1S/C31H39N5O4/c1-3-4-18-34-19-21-39-27-16-9-8-12-25(27)13-10-11-17-31(30(34)38)23-35(20-22-40-31)29(37)28-24(2)36(33-32-28)26-14-6-5-7-15-26/h5-9,12,14-16H,3-4,10-11,13,17-23H2,1-2H3. The van der Waals surface area contributed by atoms with Crippen LogP contribution in [0.1, 0.15) is 60.8 Å². The van der Waals surface area contributed by atoms with Crippen molar-refractivity contribution in [2.75, 3.05) is 39.4 Å². The van der Waals surface area contributed by atoms with E-state index in [1.165, 1.54) is 5.56 Å². The average Bonchev–Trinajstić information content (AvgIpc) is 3.38. The van der Waals surface area contributed by atoms with E-state index in [0.29, 0.717) is 50.7 Å². The van der Waals surface area contributed by atoms with Gasteiger partial charge in [-0.3, -0.25) is 9.59 Å². The number of fused-ring (bicyclic) bond motifs is 1. The van der Waals surface area contributed by atoms with Crippen molar-refractivity contribution in [2.24, 2.45) is 0 Å². The van der Waals surface area contributed by atoms with Crippen LogP contribution in [0.25, 0.3) is 5.69 Å². The summed E-state index contributed by atoms with van der Waals surface area (Å²) in [6, 6.07) is 17.8. The third kappa shape index (κ3) is 5.89. The summed E-state index contributed by atoms with van der Waals surface area (Å²) in [5, 5.41) is 8.50. The van der Waals surface area contributed by atoms with Crippen LogP contribution in [-0.2, 0) is 16.0 Å². The molecule has 1 aromatic heterocycles. The van der Waals surface area contributed by atoms with Crippen LogP contribution in [0.4, 0.5) is 0 Å². The number of benzene rings is 2. The number of morpholine rings is 1. The van der Waals surface area contributed by atoms with Gasteiger partial charge in [-0.25, -0.2) is 4.68 Å². The number of carbonyl (C=O) groups is 2. The molecule has 0 aliphatic carbocycles. The summed E-state index contributed by atoms with van der Waals surface area (Å²) in [4.78, 5) is 31.6. The Morgan fingerprint density at radius 2 is 1.82 bits per heavy atom. The first-order valence-corrected chi connectivity index (χ1v) is 14.4. The number of rotatable bonds is 5. The van der Waals surface area contributed by atoms with Gasteiger partial charge in [0.15, 0.2) is 11.3 Å². The fourth-order valence-corrected chi connectivity index (χ4v) is 5.63. The van der Waals surface area contributed by atoms with Crippen molar-refractivity contribution >= 4 is 11.8 Å². The summed E-state index contributed by atoms with van der Waals surface area (Å²) in [5.41, 5.74) is 1.90. The Kier molecular flexibility index (Phi) is 8.79. The number of aromatic nitrogens is 3. The van der Waals surface area contributed by atoms with E-state index < -0.39 is 5.60 Å². The predicted molar refractivity (Wildman–Crippen MR) is 152 cm³/mol. The Morgan fingerprint density at radius 3 is 2.65 bits per heavy atom. The molecule has 0 radical (unpaired) electrons. The quantitative estimate of drug-likeness (QED) is 0.477. The fraction of sp³-hybridized carbons (Fsp3) is 0.484. The van der Waals surface area contributed by atoms with Crippen molar-refractivity contribution in [1.29, 1.82) is 0 Å². The molecule has 0 N–H and O–H groups in total. The molecule has 3 heterocycles. The lowest BCUT2D eigenvalue weighted by molar-refractivity contribution is -0.170. The van der Waals surface area contributed by atoms with Crippen molar-refractivity contribution in [2.45, 2.75) is 58.0 Å². The molecule has 1 spiro atoms. The average molecular weight is 546 g/mol. The number of hydrogen-bond acceptors (Lipinski definition) is 6. The van der Waals surface area contributed by atoms with Crippen LogP contribution in [0.15, 0.2) is 54.6 Å². The van der Waals surface area contributed by atoms with Crippen molar-refractivity contribution in [1.82, 2.24) is 24.8 Å². The number of hydrogen-bond donors (Lipinski definition) is 0. The van der Waals surface area contributed by atoms with E-state index in [1.54, 1.807) is 9.58 Å². The summed E-state index contributed by atoms with van der Waals surface area (Å²) in [7, 11) is 0. The summed E-state index contributed by atoms with van der Waals surface area (Å²) >= 11 is 0. The zero-order valence-corrected chi connectivity index (χ0v) is 23.6. The van der Waals surface area contributed by atoms with Crippen molar-refractivity contribution in [3.63, 3.8) is 0 Å². The third-order valence-corrected chi connectivity index (χ3v) is 7.90. The maximum atomic E-state index is 14.2. The molecular formula is C31H39N5O4. The van der Waals surface area contributed by atoms with Gasteiger partial charge in [-0.2, -0.15) is 0 Å². The SMILES string of the molecule is CCCCN1CCOc2ccccc2CCCCC2(CN(C(=O)c3nnn(-c4ccccc4)c3C)CCO2)C1=O. The summed E-state index contributed by atoms with van der Waals surface area (Å²) in [6.45, 7) is 6.37. The highest BCUT2D eigenvalue weighted by molar-refractivity contribution is 5.94.